The number of hydrogen-bond acceptors (Lipinski definition) is 8. The molecule has 29 heavy (non-hydrogen) atoms. The van der Waals surface area contributed by atoms with Gasteiger partial charge in [-0.1, -0.05) is 34.6 Å². The predicted molar refractivity (Wildman–Crippen MR) is 106 cm³/mol. The maximum Gasteiger partial charge on any atom is 0.311 e. The fraction of sp³-hybridized carbons (Fsp3) is 0.905. The Bertz CT molecular complexity index is 567. The van der Waals surface area contributed by atoms with E-state index in [1.165, 1.54) is 13.8 Å². The summed E-state index contributed by atoms with van der Waals surface area (Å²) in [6.45, 7) is 8.71. The van der Waals surface area contributed by atoms with Crippen molar-refractivity contribution in [3.8, 4) is 0 Å². The van der Waals surface area contributed by atoms with Crippen molar-refractivity contribution in [3.63, 3.8) is 0 Å². The summed E-state index contributed by atoms with van der Waals surface area (Å²) in [5, 5.41) is 52.5. The van der Waals surface area contributed by atoms with Crippen molar-refractivity contribution in [2.24, 2.45) is 29.6 Å². The molecular formula is C21H38O8. The van der Waals surface area contributed by atoms with Crippen LogP contribution in [0, 0.1) is 29.6 Å². The molecule has 0 aromatic heterocycles. The third-order valence-electron chi connectivity index (χ3n) is 6.65. The number of ether oxygens (including phenoxy) is 1. The molecule has 1 unspecified atom stereocenters. The van der Waals surface area contributed by atoms with Gasteiger partial charge in [0.15, 0.2) is 5.78 Å². The molecule has 0 aliphatic carbocycles. The summed E-state index contributed by atoms with van der Waals surface area (Å²) >= 11 is 0. The standard InChI is InChI=1S/C21H38O8/c1-7-15-11(3)17(24)13(5)19(26)21(28,9-22)8-10(2)16(23)12(4)18(25)14(6)20(27)29-15/h10-18,22-25,28H,7-9H2,1-6H3/t10-,11-,12+,13+,14+,15+,16-,17-,18-,21?/m0/s1. The van der Waals surface area contributed by atoms with E-state index in [9.17, 15) is 35.1 Å². The van der Waals surface area contributed by atoms with Gasteiger partial charge in [0.2, 0.25) is 0 Å². The second-order valence-electron chi connectivity index (χ2n) is 8.89. The van der Waals surface area contributed by atoms with Gasteiger partial charge in [0, 0.05) is 17.8 Å². The summed E-state index contributed by atoms with van der Waals surface area (Å²) in [6.07, 6.45) is -4.14. The van der Waals surface area contributed by atoms with Crippen molar-refractivity contribution >= 4 is 11.8 Å². The summed E-state index contributed by atoms with van der Waals surface area (Å²) in [6, 6.07) is 0. The van der Waals surface area contributed by atoms with Gasteiger partial charge in [-0.3, -0.25) is 9.59 Å². The molecule has 5 N–H and O–H groups in total. The van der Waals surface area contributed by atoms with Crippen LogP contribution in [0.5, 0.6) is 0 Å². The van der Waals surface area contributed by atoms with Gasteiger partial charge in [0.05, 0.1) is 30.8 Å². The van der Waals surface area contributed by atoms with Crippen LogP contribution in [0.25, 0.3) is 0 Å². The van der Waals surface area contributed by atoms with Gasteiger partial charge < -0.3 is 30.3 Å². The zero-order chi connectivity index (χ0) is 22.7. The Kier molecular flexibility index (Phi) is 9.23. The summed E-state index contributed by atoms with van der Waals surface area (Å²) in [5.41, 5.74) is -2.14. The van der Waals surface area contributed by atoms with E-state index in [4.69, 9.17) is 4.74 Å². The molecule has 0 aromatic carbocycles. The third-order valence-corrected chi connectivity index (χ3v) is 6.65. The summed E-state index contributed by atoms with van der Waals surface area (Å²) in [5.74, 6) is -5.34. The first-order valence-corrected chi connectivity index (χ1v) is 10.4. The van der Waals surface area contributed by atoms with Crippen molar-refractivity contribution in [1.82, 2.24) is 0 Å². The molecule has 1 saturated heterocycles. The number of carbonyl (C=O) groups excluding carboxylic acids is 2. The summed E-state index contributed by atoms with van der Waals surface area (Å²) in [7, 11) is 0. The van der Waals surface area contributed by atoms with Gasteiger partial charge in [-0.25, -0.2) is 0 Å². The molecule has 8 nitrogen and oxygen atoms in total. The Morgan fingerprint density at radius 3 is 1.93 bits per heavy atom. The molecule has 0 saturated carbocycles. The lowest BCUT2D eigenvalue weighted by Crippen LogP contribution is -2.53. The van der Waals surface area contributed by atoms with Crippen LogP contribution in [0.2, 0.25) is 0 Å². The minimum absolute atomic E-state index is 0.248. The number of rotatable bonds is 2. The van der Waals surface area contributed by atoms with E-state index in [2.05, 4.69) is 0 Å². The molecule has 0 radical (unpaired) electrons. The highest BCUT2D eigenvalue weighted by Crippen LogP contribution is 2.32. The zero-order valence-electron chi connectivity index (χ0n) is 18.3. The highest BCUT2D eigenvalue weighted by Gasteiger charge is 2.46. The van der Waals surface area contributed by atoms with Crippen LogP contribution < -0.4 is 0 Å². The lowest BCUT2D eigenvalue weighted by Gasteiger charge is -2.38. The van der Waals surface area contributed by atoms with E-state index in [0.29, 0.717) is 6.42 Å². The Labute approximate surface area is 172 Å². The monoisotopic (exact) mass is 418 g/mol. The smallest absolute Gasteiger partial charge is 0.311 e. The van der Waals surface area contributed by atoms with Crippen LogP contribution >= 0.6 is 0 Å². The predicted octanol–water partition coefficient (Wildman–Crippen LogP) is 0.268. The molecule has 8 heteroatoms. The van der Waals surface area contributed by atoms with Crippen molar-refractivity contribution < 1.29 is 39.9 Å². The fourth-order valence-corrected chi connectivity index (χ4v) is 4.28. The van der Waals surface area contributed by atoms with Crippen LogP contribution in [-0.4, -0.2) is 73.9 Å². The van der Waals surface area contributed by atoms with Gasteiger partial charge in [-0.05, 0) is 25.7 Å². The first-order valence-electron chi connectivity index (χ1n) is 10.4. The molecule has 1 rings (SSSR count). The highest BCUT2D eigenvalue weighted by atomic mass is 16.5. The molecule has 0 bridgehead atoms. The molecule has 1 heterocycles. The van der Waals surface area contributed by atoms with Gasteiger partial charge in [-0.15, -0.1) is 0 Å². The van der Waals surface area contributed by atoms with Crippen LogP contribution in [0.3, 0.4) is 0 Å². The molecule has 0 spiro atoms. The van der Waals surface area contributed by atoms with Crippen LogP contribution in [0.1, 0.15) is 54.4 Å². The molecule has 0 amide bonds. The number of ketones is 1. The Balaban J connectivity index is 3.38. The van der Waals surface area contributed by atoms with E-state index in [-0.39, 0.29) is 6.42 Å². The number of esters is 1. The second kappa shape index (κ2) is 10.3. The average Bonchev–Trinajstić information content (AvgIpc) is 2.71. The summed E-state index contributed by atoms with van der Waals surface area (Å²) in [4.78, 5) is 25.5. The number of Topliss-reactive ketones (excluding diaryl/α,β-unsaturated/α-hetero) is 1. The fourth-order valence-electron chi connectivity index (χ4n) is 4.28. The van der Waals surface area contributed by atoms with Crippen molar-refractivity contribution in [2.45, 2.75) is 84.4 Å². The highest BCUT2D eigenvalue weighted by molar-refractivity contribution is 5.89. The first kappa shape index (κ1) is 26.0. The molecular weight excluding hydrogens is 380 g/mol. The number of cyclic esters (lactones) is 1. The van der Waals surface area contributed by atoms with Crippen molar-refractivity contribution in [2.75, 3.05) is 6.61 Å². The van der Waals surface area contributed by atoms with E-state index < -0.39 is 78.0 Å². The Morgan fingerprint density at radius 1 is 0.931 bits per heavy atom. The van der Waals surface area contributed by atoms with E-state index in [0.717, 1.165) is 0 Å². The SMILES string of the molecule is CC[C@H]1OC(=O)[C@H](C)[C@@H](O)[C@H](C)[C@@H](O)[C@@H](C)CC(O)(CO)C(=O)[C@H](C)[C@@H](O)[C@H]1C. The normalized spacial score (nSPS) is 46.1. The lowest BCUT2D eigenvalue weighted by atomic mass is 9.74. The largest absolute Gasteiger partial charge is 0.462 e. The molecule has 10 atom stereocenters. The lowest BCUT2D eigenvalue weighted by molar-refractivity contribution is -0.169. The molecule has 1 fully saturated rings. The average molecular weight is 419 g/mol. The van der Waals surface area contributed by atoms with Gasteiger partial charge in [0.1, 0.15) is 11.7 Å². The second-order valence-corrected chi connectivity index (χ2v) is 8.89. The minimum atomic E-state index is -2.14. The van der Waals surface area contributed by atoms with E-state index in [1.54, 1.807) is 27.7 Å². The maximum atomic E-state index is 12.9. The minimum Gasteiger partial charge on any atom is -0.462 e. The number of aliphatic hydroxyl groups is 5. The Morgan fingerprint density at radius 2 is 1.45 bits per heavy atom. The van der Waals surface area contributed by atoms with Gasteiger partial charge in [-0.2, -0.15) is 0 Å². The molecule has 0 aromatic rings. The van der Waals surface area contributed by atoms with Crippen LogP contribution in [0.4, 0.5) is 0 Å². The maximum absolute atomic E-state index is 12.9. The Hall–Kier alpha value is -1.06. The number of hydrogen-bond donors (Lipinski definition) is 5. The van der Waals surface area contributed by atoms with Crippen LogP contribution in [0.15, 0.2) is 0 Å². The van der Waals surface area contributed by atoms with Crippen molar-refractivity contribution in [3.05, 3.63) is 0 Å². The molecule has 1 aliphatic heterocycles. The van der Waals surface area contributed by atoms with E-state index in [1.807, 2.05) is 0 Å². The molecule has 1 aliphatic rings. The van der Waals surface area contributed by atoms with E-state index >= 15 is 0 Å². The quantitative estimate of drug-likeness (QED) is 0.402. The topological polar surface area (TPSA) is 145 Å². The first-order chi connectivity index (χ1) is 13.3. The summed E-state index contributed by atoms with van der Waals surface area (Å²) < 4.78 is 5.52. The number of aliphatic hydroxyl groups excluding tert-OH is 4. The van der Waals surface area contributed by atoms with Crippen LogP contribution in [-0.2, 0) is 14.3 Å². The van der Waals surface area contributed by atoms with Crippen molar-refractivity contribution in [1.29, 1.82) is 0 Å². The van der Waals surface area contributed by atoms with Gasteiger partial charge >= 0.3 is 5.97 Å². The third kappa shape index (κ3) is 5.55. The zero-order valence-corrected chi connectivity index (χ0v) is 18.3. The molecule has 170 valence electrons. The number of carbonyl (C=O) groups is 2. The van der Waals surface area contributed by atoms with Gasteiger partial charge in [0.25, 0.3) is 0 Å².